The lowest BCUT2D eigenvalue weighted by molar-refractivity contribution is -0.126. The number of aromatic nitrogens is 1. The Morgan fingerprint density at radius 3 is 2.92 bits per heavy atom. The maximum Gasteiger partial charge on any atom is 0.142 e. The van der Waals surface area contributed by atoms with Crippen LogP contribution >= 0.6 is 11.3 Å². The Labute approximate surface area is 157 Å². The molecule has 1 saturated carbocycles. The molecule has 1 aliphatic carbocycles. The van der Waals surface area contributed by atoms with E-state index in [-0.39, 0.29) is 29.0 Å². The molecule has 0 radical (unpaired) electrons. The molecule has 1 fully saturated rings. The topological polar surface area (TPSA) is 42.3 Å². The molecule has 3 nitrogen and oxygen atoms in total. The van der Waals surface area contributed by atoms with Gasteiger partial charge in [0.1, 0.15) is 16.6 Å². The predicted molar refractivity (Wildman–Crippen MR) is 105 cm³/mol. The van der Waals surface area contributed by atoms with Gasteiger partial charge in [0.15, 0.2) is 0 Å². The molecule has 136 valence electrons. The normalized spacial score (nSPS) is 23.2. The Morgan fingerprint density at radius 1 is 1.38 bits per heavy atom. The number of carbonyl (C=O) groups is 1. The maximum atomic E-state index is 13.4. The molecule has 2 atom stereocenters. The molecule has 2 unspecified atom stereocenters. The van der Waals surface area contributed by atoms with Gasteiger partial charge in [-0.2, -0.15) is 0 Å². The van der Waals surface area contributed by atoms with Gasteiger partial charge in [-0.3, -0.25) is 9.79 Å². The highest BCUT2D eigenvalue weighted by molar-refractivity contribution is 7.16. The molecule has 26 heavy (non-hydrogen) atoms. The fourth-order valence-electron chi connectivity index (χ4n) is 3.44. The van der Waals surface area contributed by atoms with Crippen molar-refractivity contribution in [2.24, 2.45) is 16.3 Å². The molecule has 2 aromatic rings. The van der Waals surface area contributed by atoms with Crippen molar-refractivity contribution >= 4 is 23.3 Å². The van der Waals surface area contributed by atoms with Gasteiger partial charge in [-0.15, -0.1) is 11.3 Å². The molecule has 5 heteroatoms. The summed E-state index contributed by atoms with van der Waals surface area (Å²) in [6.07, 6.45) is 8.83. The molecule has 0 bridgehead atoms. The van der Waals surface area contributed by atoms with Crippen LogP contribution in [0, 0.1) is 17.2 Å². The first-order valence-corrected chi connectivity index (χ1v) is 9.60. The summed E-state index contributed by atoms with van der Waals surface area (Å²) in [5.74, 6) is -0.170. The van der Waals surface area contributed by atoms with Crippen molar-refractivity contribution < 1.29 is 9.18 Å². The number of benzene rings is 1. The molecule has 1 heterocycles. The molecular weight excluding hydrogens is 347 g/mol. The Kier molecular flexibility index (Phi) is 5.47. The Morgan fingerprint density at radius 2 is 2.19 bits per heavy atom. The second kappa shape index (κ2) is 7.62. The molecule has 0 N–H and O–H groups in total. The van der Waals surface area contributed by atoms with Gasteiger partial charge in [-0.05, 0) is 36.5 Å². The summed E-state index contributed by atoms with van der Waals surface area (Å²) >= 11 is 1.47. The first-order chi connectivity index (χ1) is 12.4. The van der Waals surface area contributed by atoms with Crippen molar-refractivity contribution in [1.29, 1.82) is 0 Å². The van der Waals surface area contributed by atoms with E-state index in [1.54, 1.807) is 18.5 Å². The number of thiazole rings is 1. The van der Waals surface area contributed by atoms with E-state index in [4.69, 9.17) is 4.99 Å². The third-order valence-electron chi connectivity index (χ3n) is 4.61. The third kappa shape index (κ3) is 4.33. The monoisotopic (exact) mass is 370 g/mol. The van der Waals surface area contributed by atoms with E-state index in [1.807, 2.05) is 25.1 Å². The molecule has 0 spiro atoms. The van der Waals surface area contributed by atoms with Crippen LogP contribution in [0.15, 0.2) is 47.6 Å². The number of halogens is 1. The van der Waals surface area contributed by atoms with Crippen molar-refractivity contribution in [2.45, 2.75) is 39.7 Å². The van der Waals surface area contributed by atoms with Crippen molar-refractivity contribution in [3.8, 4) is 10.4 Å². The molecule has 1 aromatic carbocycles. The van der Waals surface area contributed by atoms with Crippen LogP contribution in [-0.4, -0.2) is 23.0 Å². The molecule has 1 aliphatic rings. The number of allylic oxidation sites excluding steroid dienone is 1. The average Bonchev–Trinajstić information content (AvgIpc) is 3.04. The first-order valence-electron chi connectivity index (χ1n) is 8.78. The van der Waals surface area contributed by atoms with Gasteiger partial charge in [0.2, 0.25) is 0 Å². The number of nitrogens with zero attached hydrogens (tertiary/aromatic N) is 2. The van der Waals surface area contributed by atoms with Gasteiger partial charge >= 0.3 is 0 Å². The quantitative estimate of drug-likeness (QED) is 0.540. The highest BCUT2D eigenvalue weighted by Gasteiger charge is 2.38. The van der Waals surface area contributed by atoms with Crippen LogP contribution in [0.5, 0.6) is 0 Å². The standard InChI is InChI=1S/C21H23FN2OS/c1-4-6-16-17(10-21(2,3)11-18(16)25)23-13-20-24-12-19(26-20)14-7-5-8-15(22)9-14/h4-9,12-13,16-17H,10-11H2,1-3H3/b6-4-,23-13?. The Bertz CT molecular complexity index is 853. The number of hydrogen-bond donors (Lipinski definition) is 0. The molecular formula is C21H23FN2OS. The second-order valence-corrected chi connectivity index (χ2v) is 8.54. The SMILES string of the molecule is C/C=C\C1C(=O)CC(C)(C)CC1N=Cc1ncc(-c2cccc(F)c2)s1. The predicted octanol–water partition coefficient (Wildman–Crippen LogP) is 5.32. The molecule has 0 aliphatic heterocycles. The van der Waals surface area contributed by atoms with Gasteiger partial charge in [0.05, 0.1) is 23.1 Å². The van der Waals surface area contributed by atoms with Gasteiger partial charge < -0.3 is 0 Å². The van der Waals surface area contributed by atoms with E-state index in [2.05, 4.69) is 18.8 Å². The van der Waals surface area contributed by atoms with E-state index in [1.165, 1.54) is 23.5 Å². The number of ketones is 1. The first kappa shape index (κ1) is 18.6. The van der Waals surface area contributed by atoms with Crippen molar-refractivity contribution in [3.63, 3.8) is 0 Å². The highest BCUT2D eigenvalue weighted by Crippen LogP contribution is 2.38. The van der Waals surface area contributed by atoms with E-state index in [9.17, 15) is 9.18 Å². The largest absolute Gasteiger partial charge is 0.299 e. The van der Waals surface area contributed by atoms with E-state index in [0.29, 0.717) is 6.42 Å². The highest BCUT2D eigenvalue weighted by atomic mass is 32.1. The number of carbonyl (C=O) groups excluding carboxylic acids is 1. The minimum Gasteiger partial charge on any atom is -0.299 e. The number of Topliss-reactive ketones (excluding diaryl/α,β-unsaturated/α-hetero) is 1. The number of aliphatic imine (C=N–C) groups is 1. The summed E-state index contributed by atoms with van der Waals surface area (Å²) in [5.41, 5.74) is 0.773. The average molecular weight is 370 g/mol. The van der Waals surface area contributed by atoms with Crippen molar-refractivity contribution in [2.75, 3.05) is 0 Å². The Balaban J connectivity index is 1.80. The van der Waals surface area contributed by atoms with Crippen LogP contribution in [-0.2, 0) is 4.79 Å². The number of hydrogen-bond acceptors (Lipinski definition) is 4. The minimum atomic E-state index is -0.261. The van der Waals surface area contributed by atoms with Crippen LogP contribution in [0.1, 0.15) is 38.6 Å². The van der Waals surface area contributed by atoms with Crippen molar-refractivity contribution in [1.82, 2.24) is 4.98 Å². The lowest BCUT2D eigenvalue weighted by Gasteiger charge is -2.36. The molecule has 0 amide bonds. The van der Waals surface area contributed by atoms with Crippen LogP contribution in [0.4, 0.5) is 4.39 Å². The minimum absolute atomic E-state index is 0.0349. The number of rotatable bonds is 4. The second-order valence-electron chi connectivity index (χ2n) is 7.48. The third-order valence-corrected chi connectivity index (χ3v) is 5.59. The lowest BCUT2D eigenvalue weighted by atomic mass is 9.69. The van der Waals surface area contributed by atoms with Crippen molar-refractivity contribution in [3.05, 3.63) is 53.4 Å². The summed E-state index contributed by atoms with van der Waals surface area (Å²) in [5, 5.41) is 0.763. The molecule has 3 rings (SSSR count). The van der Waals surface area contributed by atoms with Gasteiger partial charge in [0, 0.05) is 12.6 Å². The van der Waals surface area contributed by atoms with Crippen LogP contribution in [0.3, 0.4) is 0 Å². The zero-order valence-corrected chi connectivity index (χ0v) is 16.1. The van der Waals surface area contributed by atoms with E-state index in [0.717, 1.165) is 21.9 Å². The summed E-state index contributed by atoms with van der Waals surface area (Å²) in [7, 11) is 0. The summed E-state index contributed by atoms with van der Waals surface area (Å²) < 4.78 is 13.4. The van der Waals surface area contributed by atoms with E-state index < -0.39 is 0 Å². The van der Waals surface area contributed by atoms with E-state index >= 15 is 0 Å². The smallest absolute Gasteiger partial charge is 0.142 e. The summed E-state index contributed by atoms with van der Waals surface area (Å²) in [6, 6.07) is 6.41. The zero-order chi connectivity index (χ0) is 18.7. The van der Waals surface area contributed by atoms with Gasteiger partial charge in [-0.25, -0.2) is 9.37 Å². The summed E-state index contributed by atoms with van der Waals surface area (Å²) in [6.45, 7) is 6.16. The Hall–Kier alpha value is -2.14. The lowest BCUT2D eigenvalue weighted by Crippen LogP contribution is -2.38. The fraction of sp³-hybridized carbons (Fsp3) is 0.381. The van der Waals surface area contributed by atoms with Crippen LogP contribution < -0.4 is 0 Å². The fourth-order valence-corrected chi connectivity index (χ4v) is 4.23. The summed E-state index contributed by atoms with van der Waals surface area (Å²) in [4.78, 5) is 22.4. The van der Waals surface area contributed by atoms with Gasteiger partial charge in [-0.1, -0.05) is 38.1 Å². The molecule has 1 aromatic heterocycles. The maximum absolute atomic E-state index is 13.4. The van der Waals surface area contributed by atoms with Crippen LogP contribution in [0.2, 0.25) is 0 Å². The zero-order valence-electron chi connectivity index (χ0n) is 15.3. The van der Waals surface area contributed by atoms with Gasteiger partial charge in [0.25, 0.3) is 0 Å². The molecule has 0 saturated heterocycles. The van der Waals surface area contributed by atoms with Crippen LogP contribution in [0.25, 0.3) is 10.4 Å².